The minimum absolute atomic E-state index is 0. The van der Waals surface area contributed by atoms with Gasteiger partial charge in [-0.3, -0.25) is 4.99 Å². The van der Waals surface area contributed by atoms with E-state index >= 15 is 0 Å². The summed E-state index contributed by atoms with van der Waals surface area (Å²) < 4.78 is 5.35. The molecule has 0 aliphatic heterocycles. The molecule has 0 amide bonds. The third kappa shape index (κ3) is 5.36. The molecule has 130 valence electrons. The quantitative estimate of drug-likeness (QED) is 0.393. The second-order valence-electron chi connectivity index (χ2n) is 7.02. The molecular formula is C17H29IN4O. The lowest BCUT2D eigenvalue weighted by Crippen LogP contribution is -2.40. The van der Waals surface area contributed by atoms with Crippen LogP contribution in [0.5, 0.6) is 0 Å². The fourth-order valence-corrected chi connectivity index (χ4v) is 3.06. The van der Waals surface area contributed by atoms with E-state index in [-0.39, 0.29) is 24.0 Å². The lowest BCUT2D eigenvalue weighted by atomic mass is 9.98. The van der Waals surface area contributed by atoms with Crippen molar-refractivity contribution in [1.29, 1.82) is 0 Å². The van der Waals surface area contributed by atoms with Crippen molar-refractivity contribution in [3.05, 3.63) is 17.5 Å². The molecule has 6 heteroatoms. The number of rotatable bonds is 7. The molecule has 0 aromatic carbocycles. The van der Waals surface area contributed by atoms with Crippen LogP contribution in [0.3, 0.4) is 0 Å². The van der Waals surface area contributed by atoms with E-state index in [1.165, 1.54) is 25.7 Å². The monoisotopic (exact) mass is 432 g/mol. The molecule has 1 heterocycles. The van der Waals surface area contributed by atoms with Gasteiger partial charge in [-0.15, -0.1) is 24.0 Å². The van der Waals surface area contributed by atoms with Crippen LogP contribution in [0, 0.1) is 17.8 Å². The van der Waals surface area contributed by atoms with Gasteiger partial charge in [0.15, 0.2) is 11.7 Å². The van der Waals surface area contributed by atoms with Gasteiger partial charge < -0.3 is 15.2 Å². The van der Waals surface area contributed by atoms with Gasteiger partial charge in [-0.2, -0.15) is 0 Å². The third-order valence-corrected chi connectivity index (χ3v) is 4.78. The maximum absolute atomic E-state index is 5.35. The van der Waals surface area contributed by atoms with E-state index < -0.39 is 0 Å². The van der Waals surface area contributed by atoms with Gasteiger partial charge in [0.2, 0.25) is 0 Å². The molecule has 2 N–H and O–H groups in total. The van der Waals surface area contributed by atoms with E-state index in [0.717, 1.165) is 41.7 Å². The lowest BCUT2D eigenvalue weighted by Gasteiger charge is -2.18. The summed E-state index contributed by atoms with van der Waals surface area (Å²) >= 11 is 0. The Hall–Kier alpha value is -0.790. The Morgan fingerprint density at radius 3 is 2.39 bits per heavy atom. The summed E-state index contributed by atoms with van der Waals surface area (Å²) in [5, 5.41) is 10.9. The smallest absolute Gasteiger partial charge is 0.191 e. The van der Waals surface area contributed by atoms with E-state index in [0.29, 0.717) is 12.5 Å². The Bertz CT molecular complexity index is 508. The first-order valence-corrected chi connectivity index (χ1v) is 8.57. The summed E-state index contributed by atoms with van der Waals surface area (Å²) in [5.41, 5.74) is 1.00. The standard InChI is InChI=1S/C17H28N4O.HI/c1-11(2)16-8-14(22-21-16)9-19-17(18-3)20-10-15(12-4-5-12)13-6-7-13;/h8,11-13,15H,4-7,9-10H2,1-3H3,(H2,18,19,20);1H. The van der Waals surface area contributed by atoms with Crippen molar-refractivity contribution in [2.24, 2.45) is 22.7 Å². The van der Waals surface area contributed by atoms with Gasteiger partial charge in [-0.05, 0) is 49.4 Å². The molecule has 1 aromatic heterocycles. The van der Waals surface area contributed by atoms with E-state index in [1.807, 2.05) is 13.1 Å². The first-order valence-electron chi connectivity index (χ1n) is 8.57. The lowest BCUT2D eigenvalue weighted by molar-refractivity contribution is 0.370. The summed E-state index contributed by atoms with van der Waals surface area (Å²) in [5.74, 6) is 4.87. The Labute approximate surface area is 156 Å². The first kappa shape index (κ1) is 18.5. The average Bonchev–Trinajstić information content (AvgIpc) is 3.43. The number of hydrogen-bond acceptors (Lipinski definition) is 3. The molecule has 1 aromatic rings. The zero-order valence-corrected chi connectivity index (χ0v) is 16.7. The molecule has 2 aliphatic rings. The largest absolute Gasteiger partial charge is 0.359 e. The highest BCUT2D eigenvalue weighted by molar-refractivity contribution is 14.0. The summed E-state index contributed by atoms with van der Waals surface area (Å²) in [6.45, 7) is 5.90. The average molecular weight is 432 g/mol. The van der Waals surface area contributed by atoms with Crippen molar-refractivity contribution in [2.45, 2.75) is 52.0 Å². The van der Waals surface area contributed by atoms with Crippen LogP contribution >= 0.6 is 24.0 Å². The van der Waals surface area contributed by atoms with E-state index in [9.17, 15) is 0 Å². The Balaban J connectivity index is 0.00000192. The molecule has 2 aliphatic carbocycles. The number of guanidine groups is 1. The van der Waals surface area contributed by atoms with Gasteiger partial charge >= 0.3 is 0 Å². The molecule has 2 saturated carbocycles. The molecule has 2 fully saturated rings. The van der Waals surface area contributed by atoms with Gasteiger partial charge in [0.05, 0.1) is 12.2 Å². The fourth-order valence-electron chi connectivity index (χ4n) is 3.06. The molecular weight excluding hydrogens is 403 g/mol. The highest BCUT2D eigenvalue weighted by Gasteiger charge is 2.41. The number of aliphatic imine (C=N–C) groups is 1. The molecule has 0 unspecified atom stereocenters. The Morgan fingerprint density at radius 1 is 1.26 bits per heavy atom. The van der Waals surface area contributed by atoms with Gasteiger partial charge in [-0.25, -0.2) is 0 Å². The van der Waals surface area contributed by atoms with Gasteiger partial charge in [0.25, 0.3) is 0 Å². The summed E-state index contributed by atoms with van der Waals surface area (Å²) in [6, 6.07) is 2.02. The maximum atomic E-state index is 5.35. The fraction of sp³-hybridized carbons (Fsp3) is 0.765. The Kier molecular flexibility index (Phi) is 6.73. The maximum Gasteiger partial charge on any atom is 0.191 e. The van der Waals surface area contributed by atoms with Crippen LogP contribution in [0.2, 0.25) is 0 Å². The van der Waals surface area contributed by atoms with Gasteiger partial charge in [0, 0.05) is 19.7 Å². The number of nitrogens with zero attached hydrogens (tertiary/aromatic N) is 2. The number of halogens is 1. The number of hydrogen-bond donors (Lipinski definition) is 2. The summed E-state index contributed by atoms with van der Waals surface area (Å²) in [7, 11) is 1.82. The molecule has 0 atom stereocenters. The van der Waals surface area contributed by atoms with Crippen LogP contribution in [-0.4, -0.2) is 24.7 Å². The second-order valence-corrected chi connectivity index (χ2v) is 7.02. The zero-order valence-electron chi connectivity index (χ0n) is 14.3. The van der Waals surface area contributed by atoms with Crippen molar-refractivity contribution in [3.63, 3.8) is 0 Å². The van der Waals surface area contributed by atoms with Crippen molar-refractivity contribution >= 4 is 29.9 Å². The predicted octanol–water partition coefficient (Wildman–Crippen LogP) is 3.52. The summed E-state index contributed by atoms with van der Waals surface area (Å²) in [6.07, 6.45) is 5.69. The van der Waals surface area contributed by atoms with Crippen LogP contribution in [0.1, 0.15) is 56.9 Å². The van der Waals surface area contributed by atoms with E-state index in [2.05, 4.69) is 34.6 Å². The van der Waals surface area contributed by atoms with Crippen LogP contribution in [-0.2, 0) is 6.54 Å². The molecule has 23 heavy (non-hydrogen) atoms. The van der Waals surface area contributed by atoms with Crippen LogP contribution in [0.4, 0.5) is 0 Å². The minimum Gasteiger partial charge on any atom is -0.359 e. The number of nitrogens with one attached hydrogen (secondary N) is 2. The SMILES string of the molecule is CN=C(NCc1cc(C(C)C)no1)NCC(C1CC1)C1CC1.I. The van der Waals surface area contributed by atoms with Crippen molar-refractivity contribution < 1.29 is 4.52 Å². The molecule has 5 nitrogen and oxygen atoms in total. The first-order chi connectivity index (χ1) is 10.7. The normalized spacial score (nSPS) is 18.2. The van der Waals surface area contributed by atoms with Crippen LogP contribution in [0.15, 0.2) is 15.6 Å². The highest BCUT2D eigenvalue weighted by atomic mass is 127. The van der Waals surface area contributed by atoms with Crippen molar-refractivity contribution in [2.75, 3.05) is 13.6 Å². The van der Waals surface area contributed by atoms with Gasteiger partial charge in [0.1, 0.15) is 0 Å². The molecule has 0 bridgehead atoms. The molecule has 3 rings (SSSR count). The van der Waals surface area contributed by atoms with Gasteiger partial charge in [-0.1, -0.05) is 19.0 Å². The Morgan fingerprint density at radius 2 is 1.91 bits per heavy atom. The van der Waals surface area contributed by atoms with Crippen molar-refractivity contribution in [1.82, 2.24) is 15.8 Å². The van der Waals surface area contributed by atoms with E-state index in [4.69, 9.17) is 4.52 Å². The zero-order chi connectivity index (χ0) is 15.5. The topological polar surface area (TPSA) is 62.5 Å². The van der Waals surface area contributed by atoms with Crippen LogP contribution in [0.25, 0.3) is 0 Å². The highest BCUT2D eigenvalue weighted by Crippen LogP contribution is 2.48. The minimum atomic E-state index is 0. The molecule has 0 saturated heterocycles. The predicted molar refractivity (Wildman–Crippen MR) is 103 cm³/mol. The summed E-state index contributed by atoms with van der Waals surface area (Å²) in [4.78, 5) is 4.31. The van der Waals surface area contributed by atoms with E-state index in [1.54, 1.807) is 0 Å². The van der Waals surface area contributed by atoms with Crippen molar-refractivity contribution in [3.8, 4) is 0 Å². The molecule has 0 radical (unpaired) electrons. The molecule has 0 spiro atoms. The number of aromatic nitrogens is 1. The second kappa shape index (κ2) is 8.35. The third-order valence-electron chi connectivity index (χ3n) is 4.78. The van der Waals surface area contributed by atoms with Crippen LogP contribution < -0.4 is 10.6 Å².